The normalized spacial score (nSPS) is 19.1. The number of carbonyl (C=O) groups excluding carboxylic acids is 1. The molecular formula is C24H36ClN5O2Si. The summed E-state index contributed by atoms with van der Waals surface area (Å²) in [6.07, 6.45) is 5.92. The molecule has 3 rings (SSSR count). The van der Waals surface area contributed by atoms with Crippen molar-refractivity contribution in [3.05, 3.63) is 41.2 Å². The molecule has 2 amide bonds. The van der Waals surface area contributed by atoms with Crippen LogP contribution in [0.4, 0.5) is 22.1 Å². The predicted octanol–water partition coefficient (Wildman–Crippen LogP) is 6.83. The Labute approximate surface area is 203 Å². The number of amides is 2. The molecule has 33 heavy (non-hydrogen) atoms. The van der Waals surface area contributed by atoms with Gasteiger partial charge in [0.05, 0.1) is 10.7 Å². The summed E-state index contributed by atoms with van der Waals surface area (Å²) in [5.74, 6) is 1.12. The second kappa shape index (κ2) is 10.4. The fourth-order valence-corrected chi connectivity index (χ4v) is 5.38. The van der Waals surface area contributed by atoms with Crippen LogP contribution in [-0.2, 0) is 4.43 Å². The lowest BCUT2D eigenvalue weighted by atomic mass is 9.93. The Morgan fingerprint density at radius 3 is 2.39 bits per heavy atom. The predicted molar refractivity (Wildman–Crippen MR) is 139 cm³/mol. The van der Waals surface area contributed by atoms with Crippen molar-refractivity contribution in [2.24, 2.45) is 0 Å². The molecule has 7 nitrogen and oxygen atoms in total. The van der Waals surface area contributed by atoms with Crippen LogP contribution in [0.3, 0.4) is 0 Å². The standard InChI is InChI=1S/C24H36ClN5O2Si/c1-16-8-7-9-19(25)22(16)30-23(31)29-21-14-20(26-15-27-21)28-17-10-12-18(13-11-17)32-33(5,6)24(2,3)4/h7-9,14-15,17-18H,10-13H2,1-6H3,(H3,26,27,28,29,30,31). The smallest absolute Gasteiger partial charge is 0.324 e. The monoisotopic (exact) mass is 489 g/mol. The van der Waals surface area contributed by atoms with E-state index in [1.165, 1.54) is 6.33 Å². The molecule has 0 atom stereocenters. The first kappa shape index (κ1) is 25.5. The van der Waals surface area contributed by atoms with Gasteiger partial charge in [-0.2, -0.15) is 0 Å². The molecule has 0 unspecified atom stereocenters. The van der Waals surface area contributed by atoms with Crippen LogP contribution in [0.15, 0.2) is 30.6 Å². The highest BCUT2D eigenvalue weighted by Gasteiger charge is 2.39. The van der Waals surface area contributed by atoms with Gasteiger partial charge >= 0.3 is 6.03 Å². The maximum atomic E-state index is 12.4. The molecule has 0 aliphatic heterocycles. The summed E-state index contributed by atoms with van der Waals surface area (Å²) in [4.78, 5) is 20.9. The minimum Gasteiger partial charge on any atom is -0.414 e. The second-order valence-electron chi connectivity index (χ2n) is 10.3. The number of para-hydroxylation sites is 1. The van der Waals surface area contributed by atoms with Crippen LogP contribution in [0.1, 0.15) is 52.0 Å². The van der Waals surface area contributed by atoms with Gasteiger partial charge in [-0.3, -0.25) is 5.32 Å². The SMILES string of the molecule is Cc1cccc(Cl)c1NC(=O)Nc1cc(NC2CCC(O[Si](C)(C)C(C)(C)C)CC2)ncn1. The average molecular weight is 490 g/mol. The van der Waals surface area contributed by atoms with Crippen LogP contribution in [0.5, 0.6) is 0 Å². The van der Waals surface area contributed by atoms with Gasteiger partial charge in [-0.1, -0.05) is 44.5 Å². The summed E-state index contributed by atoms with van der Waals surface area (Å²) in [5.41, 5.74) is 1.47. The molecule has 0 saturated heterocycles. The Hall–Kier alpha value is -2.16. The molecule has 0 bridgehead atoms. The van der Waals surface area contributed by atoms with E-state index in [4.69, 9.17) is 16.0 Å². The molecule has 1 aromatic heterocycles. The molecule has 1 saturated carbocycles. The number of nitrogens with zero attached hydrogens (tertiary/aromatic N) is 2. The fraction of sp³-hybridized carbons (Fsp3) is 0.542. The number of aromatic nitrogens is 2. The molecule has 2 aromatic rings. The van der Waals surface area contributed by atoms with Crippen molar-refractivity contribution in [3.63, 3.8) is 0 Å². The van der Waals surface area contributed by atoms with Crippen molar-refractivity contribution in [3.8, 4) is 0 Å². The number of hydrogen-bond acceptors (Lipinski definition) is 5. The Kier molecular flexibility index (Phi) is 8.03. The average Bonchev–Trinajstić information content (AvgIpc) is 2.71. The highest BCUT2D eigenvalue weighted by Crippen LogP contribution is 2.39. The minimum absolute atomic E-state index is 0.225. The van der Waals surface area contributed by atoms with E-state index < -0.39 is 14.3 Å². The van der Waals surface area contributed by atoms with Gasteiger partial charge in [-0.15, -0.1) is 0 Å². The third kappa shape index (κ3) is 6.91. The van der Waals surface area contributed by atoms with E-state index in [0.717, 1.165) is 31.2 Å². The molecule has 9 heteroatoms. The molecule has 180 valence electrons. The van der Waals surface area contributed by atoms with E-state index in [1.807, 2.05) is 19.1 Å². The molecule has 1 heterocycles. The zero-order valence-corrected chi connectivity index (χ0v) is 22.2. The number of halogens is 1. The molecule has 0 spiro atoms. The summed E-state index contributed by atoms with van der Waals surface area (Å²) in [5, 5.41) is 9.75. The zero-order valence-electron chi connectivity index (χ0n) is 20.5. The molecular weight excluding hydrogens is 454 g/mol. The Morgan fingerprint density at radius 2 is 1.76 bits per heavy atom. The summed E-state index contributed by atoms with van der Waals surface area (Å²) in [6.45, 7) is 13.4. The van der Waals surface area contributed by atoms with Crippen LogP contribution in [0.25, 0.3) is 0 Å². The number of hydrogen-bond donors (Lipinski definition) is 3. The van der Waals surface area contributed by atoms with Crippen molar-refractivity contribution in [2.75, 3.05) is 16.0 Å². The highest BCUT2D eigenvalue weighted by molar-refractivity contribution is 6.74. The largest absolute Gasteiger partial charge is 0.414 e. The maximum absolute atomic E-state index is 12.4. The number of aryl methyl sites for hydroxylation is 1. The number of urea groups is 1. The summed E-state index contributed by atoms with van der Waals surface area (Å²) >= 11 is 6.19. The third-order valence-electron chi connectivity index (χ3n) is 6.66. The van der Waals surface area contributed by atoms with Crippen molar-refractivity contribution < 1.29 is 9.22 Å². The molecule has 3 N–H and O–H groups in total. The number of rotatable bonds is 6. The Balaban J connectivity index is 1.52. The lowest BCUT2D eigenvalue weighted by Crippen LogP contribution is -2.45. The summed E-state index contributed by atoms with van der Waals surface area (Å²) in [6, 6.07) is 7.14. The first-order valence-corrected chi connectivity index (χ1v) is 14.8. The van der Waals surface area contributed by atoms with Gasteiger partial charge < -0.3 is 15.1 Å². The number of anilines is 3. The van der Waals surface area contributed by atoms with E-state index in [2.05, 4.69) is 59.8 Å². The topological polar surface area (TPSA) is 88.2 Å². The zero-order chi connectivity index (χ0) is 24.2. The van der Waals surface area contributed by atoms with E-state index in [-0.39, 0.29) is 5.04 Å². The van der Waals surface area contributed by atoms with E-state index >= 15 is 0 Å². The van der Waals surface area contributed by atoms with Gasteiger partial charge in [0.2, 0.25) is 0 Å². The van der Waals surface area contributed by atoms with Gasteiger partial charge in [0.15, 0.2) is 8.32 Å². The van der Waals surface area contributed by atoms with Gasteiger partial charge in [0.1, 0.15) is 18.0 Å². The van der Waals surface area contributed by atoms with Crippen LogP contribution in [0, 0.1) is 6.92 Å². The second-order valence-corrected chi connectivity index (χ2v) is 15.5. The lowest BCUT2D eigenvalue weighted by Gasteiger charge is -2.41. The minimum atomic E-state index is -1.74. The number of carbonyl (C=O) groups is 1. The lowest BCUT2D eigenvalue weighted by molar-refractivity contribution is 0.133. The molecule has 0 radical (unpaired) electrons. The number of nitrogens with one attached hydrogen (secondary N) is 3. The van der Waals surface area contributed by atoms with Gasteiger partial charge in [-0.25, -0.2) is 14.8 Å². The Morgan fingerprint density at radius 1 is 1.09 bits per heavy atom. The van der Waals surface area contributed by atoms with Crippen LogP contribution >= 0.6 is 11.6 Å². The van der Waals surface area contributed by atoms with Crippen LogP contribution in [0.2, 0.25) is 23.2 Å². The summed E-state index contributed by atoms with van der Waals surface area (Å²) < 4.78 is 6.59. The van der Waals surface area contributed by atoms with Crippen molar-refractivity contribution >= 4 is 43.3 Å². The molecule has 1 fully saturated rings. The van der Waals surface area contributed by atoms with Crippen molar-refractivity contribution in [2.45, 2.75) is 83.7 Å². The quantitative estimate of drug-likeness (QED) is 0.387. The number of benzene rings is 1. The molecule has 1 aromatic carbocycles. The highest BCUT2D eigenvalue weighted by atomic mass is 35.5. The first-order chi connectivity index (χ1) is 15.4. The Bertz CT molecular complexity index is 951. The third-order valence-corrected chi connectivity index (χ3v) is 11.5. The molecule has 1 aliphatic carbocycles. The van der Waals surface area contributed by atoms with Gasteiger partial charge in [0.25, 0.3) is 0 Å². The maximum Gasteiger partial charge on any atom is 0.324 e. The van der Waals surface area contributed by atoms with Crippen LogP contribution in [-0.4, -0.2) is 36.5 Å². The van der Waals surface area contributed by atoms with Crippen LogP contribution < -0.4 is 16.0 Å². The van der Waals surface area contributed by atoms with Gasteiger partial charge in [-0.05, 0) is 62.4 Å². The fourth-order valence-electron chi connectivity index (χ4n) is 3.68. The first-order valence-electron chi connectivity index (χ1n) is 11.5. The summed E-state index contributed by atoms with van der Waals surface area (Å²) in [7, 11) is -1.74. The van der Waals surface area contributed by atoms with E-state index in [1.54, 1.807) is 12.1 Å². The molecule has 1 aliphatic rings. The van der Waals surface area contributed by atoms with E-state index in [0.29, 0.717) is 34.5 Å². The van der Waals surface area contributed by atoms with Gasteiger partial charge in [0, 0.05) is 18.2 Å². The van der Waals surface area contributed by atoms with Crippen molar-refractivity contribution in [1.82, 2.24) is 9.97 Å². The van der Waals surface area contributed by atoms with E-state index in [9.17, 15) is 4.79 Å². The van der Waals surface area contributed by atoms with Crippen molar-refractivity contribution in [1.29, 1.82) is 0 Å².